The van der Waals surface area contributed by atoms with E-state index in [9.17, 15) is 4.79 Å². The minimum atomic E-state index is -0.225. The SMILES string of the molecule is C=CC(=O)Nc1ccc(Sc2nc(Cc3ccc(OCCCN(CC)CC)cc3)ncc2C)cc1. The Balaban J connectivity index is 1.55. The van der Waals surface area contributed by atoms with E-state index in [-0.39, 0.29) is 5.91 Å². The highest BCUT2D eigenvalue weighted by molar-refractivity contribution is 7.99. The normalized spacial score (nSPS) is 10.9. The number of nitrogens with one attached hydrogen (secondary N) is 1. The molecule has 0 spiro atoms. The van der Waals surface area contributed by atoms with Crippen LogP contribution in [0.1, 0.15) is 37.2 Å². The molecule has 0 atom stereocenters. The lowest BCUT2D eigenvalue weighted by atomic mass is 10.1. The Morgan fingerprint density at radius 2 is 1.83 bits per heavy atom. The van der Waals surface area contributed by atoms with E-state index in [4.69, 9.17) is 9.72 Å². The van der Waals surface area contributed by atoms with E-state index in [0.717, 1.165) is 71.0 Å². The average Bonchev–Trinajstić information content (AvgIpc) is 2.88. The Morgan fingerprint density at radius 3 is 2.49 bits per heavy atom. The van der Waals surface area contributed by atoms with Crippen LogP contribution in [0.15, 0.2) is 77.3 Å². The fourth-order valence-corrected chi connectivity index (χ4v) is 4.32. The van der Waals surface area contributed by atoms with Crippen molar-refractivity contribution in [2.75, 3.05) is 31.6 Å². The van der Waals surface area contributed by atoms with Crippen molar-refractivity contribution >= 4 is 23.4 Å². The summed E-state index contributed by atoms with van der Waals surface area (Å²) in [5.41, 5.74) is 2.90. The molecule has 0 saturated carbocycles. The van der Waals surface area contributed by atoms with Gasteiger partial charge in [-0.05, 0) is 80.0 Å². The first-order chi connectivity index (χ1) is 17.0. The zero-order chi connectivity index (χ0) is 25.0. The molecule has 0 aliphatic rings. The maximum absolute atomic E-state index is 11.5. The van der Waals surface area contributed by atoms with E-state index in [0.29, 0.717) is 6.42 Å². The minimum absolute atomic E-state index is 0.225. The first kappa shape index (κ1) is 26.4. The van der Waals surface area contributed by atoms with Crippen molar-refractivity contribution in [1.82, 2.24) is 14.9 Å². The largest absolute Gasteiger partial charge is 0.494 e. The number of nitrogens with zero attached hydrogens (tertiary/aromatic N) is 3. The molecule has 0 unspecified atom stereocenters. The third-order valence-electron chi connectivity index (χ3n) is 5.56. The molecular formula is C28H34N4O2S. The van der Waals surface area contributed by atoms with Crippen LogP contribution in [-0.2, 0) is 11.2 Å². The lowest BCUT2D eigenvalue weighted by molar-refractivity contribution is -0.111. The van der Waals surface area contributed by atoms with E-state index in [1.165, 1.54) is 6.08 Å². The first-order valence-electron chi connectivity index (χ1n) is 12.0. The average molecular weight is 491 g/mol. The highest BCUT2D eigenvalue weighted by Crippen LogP contribution is 2.29. The topological polar surface area (TPSA) is 67.3 Å². The number of ether oxygens (including phenoxy) is 1. The van der Waals surface area contributed by atoms with Crippen molar-refractivity contribution in [3.8, 4) is 5.75 Å². The molecule has 184 valence electrons. The molecule has 35 heavy (non-hydrogen) atoms. The number of rotatable bonds is 13. The molecule has 0 saturated heterocycles. The second-order valence-corrected chi connectivity index (χ2v) is 9.21. The summed E-state index contributed by atoms with van der Waals surface area (Å²) in [7, 11) is 0. The van der Waals surface area contributed by atoms with Gasteiger partial charge in [0.05, 0.1) is 6.61 Å². The lowest BCUT2D eigenvalue weighted by Crippen LogP contribution is -2.25. The second kappa shape index (κ2) is 13.7. The van der Waals surface area contributed by atoms with Gasteiger partial charge in [0.25, 0.3) is 0 Å². The summed E-state index contributed by atoms with van der Waals surface area (Å²) in [5.74, 6) is 1.44. The van der Waals surface area contributed by atoms with Gasteiger partial charge in [-0.3, -0.25) is 4.79 Å². The molecule has 3 aromatic rings. The molecule has 0 bridgehead atoms. The summed E-state index contributed by atoms with van der Waals surface area (Å²) < 4.78 is 5.90. The van der Waals surface area contributed by atoms with Gasteiger partial charge >= 0.3 is 0 Å². The third kappa shape index (κ3) is 8.53. The number of aryl methyl sites for hydroxylation is 1. The van der Waals surface area contributed by atoms with Crippen LogP contribution >= 0.6 is 11.8 Å². The first-order valence-corrected chi connectivity index (χ1v) is 12.8. The monoisotopic (exact) mass is 490 g/mol. The van der Waals surface area contributed by atoms with Gasteiger partial charge in [-0.2, -0.15) is 0 Å². The van der Waals surface area contributed by atoms with Gasteiger partial charge in [0.2, 0.25) is 5.91 Å². The van der Waals surface area contributed by atoms with Crippen LogP contribution in [-0.4, -0.2) is 47.0 Å². The molecule has 1 heterocycles. The number of anilines is 1. The Hall–Kier alpha value is -3.16. The van der Waals surface area contributed by atoms with E-state index in [2.05, 4.69) is 47.8 Å². The molecule has 0 fully saturated rings. The number of aromatic nitrogens is 2. The molecule has 1 aromatic heterocycles. The number of hydrogen-bond donors (Lipinski definition) is 1. The molecule has 0 aliphatic carbocycles. The maximum Gasteiger partial charge on any atom is 0.247 e. The Kier molecular flexibility index (Phi) is 10.3. The highest BCUT2D eigenvalue weighted by atomic mass is 32.2. The van der Waals surface area contributed by atoms with Crippen LogP contribution in [0.25, 0.3) is 0 Å². The Bertz CT molecular complexity index is 1100. The number of hydrogen-bond acceptors (Lipinski definition) is 6. The molecule has 1 N–H and O–H groups in total. The van der Waals surface area contributed by atoms with E-state index >= 15 is 0 Å². The quantitative estimate of drug-likeness (QED) is 0.187. The fourth-order valence-electron chi connectivity index (χ4n) is 3.46. The van der Waals surface area contributed by atoms with Gasteiger partial charge in [0.15, 0.2) is 0 Å². The van der Waals surface area contributed by atoms with Crippen molar-refractivity contribution in [2.24, 2.45) is 0 Å². The molecule has 2 aromatic carbocycles. The predicted octanol–water partition coefficient (Wildman–Crippen LogP) is 5.76. The number of amides is 1. The van der Waals surface area contributed by atoms with Gasteiger partial charge < -0.3 is 15.0 Å². The standard InChI is InChI=1S/C28H34N4O2S/c1-5-27(33)30-23-11-15-25(16-12-23)35-28-21(4)20-29-26(31-28)19-22-9-13-24(14-10-22)34-18-8-17-32(6-2)7-3/h5,9-16,20H,1,6-8,17-19H2,2-4H3,(H,30,33). The number of carbonyl (C=O) groups excluding carboxylic acids is 1. The third-order valence-corrected chi connectivity index (χ3v) is 6.68. The zero-order valence-electron chi connectivity index (χ0n) is 20.8. The van der Waals surface area contributed by atoms with Gasteiger partial charge in [0.1, 0.15) is 16.6 Å². The summed E-state index contributed by atoms with van der Waals surface area (Å²) in [6, 6.07) is 15.9. The van der Waals surface area contributed by atoms with Crippen molar-refractivity contribution in [1.29, 1.82) is 0 Å². The smallest absolute Gasteiger partial charge is 0.247 e. The van der Waals surface area contributed by atoms with Crippen LogP contribution in [0.2, 0.25) is 0 Å². The van der Waals surface area contributed by atoms with Crippen LogP contribution in [0, 0.1) is 6.92 Å². The summed E-state index contributed by atoms with van der Waals surface area (Å²) in [4.78, 5) is 24.2. The molecule has 0 aliphatic heterocycles. The van der Waals surface area contributed by atoms with Gasteiger partial charge in [-0.15, -0.1) is 0 Å². The van der Waals surface area contributed by atoms with E-state index < -0.39 is 0 Å². The molecular weight excluding hydrogens is 456 g/mol. The Labute approximate surface area is 212 Å². The van der Waals surface area contributed by atoms with Crippen LogP contribution in [0.3, 0.4) is 0 Å². The molecule has 6 nitrogen and oxygen atoms in total. The number of benzene rings is 2. The molecule has 1 amide bonds. The summed E-state index contributed by atoms with van der Waals surface area (Å²) in [6.45, 7) is 13.8. The van der Waals surface area contributed by atoms with Crippen LogP contribution in [0.4, 0.5) is 5.69 Å². The van der Waals surface area contributed by atoms with E-state index in [1.54, 1.807) is 11.8 Å². The van der Waals surface area contributed by atoms with Gasteiger partial charge in [0, 0.05) is 29.7 Å². The van der Waals surface area contributed by atoms with Crippen LogP contribution in [0.5, 0.6) is 5.75 Å². The van der Waals surface area contributed by atoms with Crippen molar-refractivity contribution < 1.29 is 9.53 Å². The van der Waals surface area contributed by atoms with Gasteiger partial charge in [-0.25, -0.2) is 9.97 Å². The minimum Gasteiger partial charge on any atom is -0.494 e. The Morgan fingerprint density at radius 1 is 1.11 bits per heavy atom. The summed E-state index contributed by atoms with van der Waals surface area (Å²) >= 11 is 1.58. The molecule has 7 heteroatoms. The number of carbonyl (C=O) groups is 1. The predicted molar refractivity (Wildman–Crippen MR) is 143 cm³/mol. The maximum atomic E-state index is 11.5. The van der Waals surface area contributed by atoms with Crippen molar-refractivity contribution in [2.45, 2.75) is 43.5 Å². The molecule has 0 radical (unpaired) electrons. The lowest BCUT2D eigenvalue weighted by Gasteiger charge is -2.17. The van der Waals surface area contributed by atoms with Gasteiger partial charge in [-0.1, -0.05) is 44.3 Å². The highest BCUT2D eigenvalue weighted by Gasteiger charge is 2.08. The van der Waals surface area contributed by atoms with Crippen molar-refractivity contribution in [3.05, 3.63) is 84.3 Å². The second-order valence-electron chi connectivity index (χ2n) is 8.14. The fraction of sp³-hybridized carbons (Fsp3) is 0.321. The molecule has 3 rings (SSSR count). The summed E-state index contributed by atoms with van der Waals surface area (Å²) in [5, 5.41) is 3.68. The van der Waals surface area contributed by atoms with E-state index in [1.807, 2.05) is 49.5 Å². The van der Waals surface area contributed by atoms with Crippen LogP contribution < -0.4 is 10.1 Å². The zero-order valence-corrected chi connectivity index (χ0v) is 21.6. The summed E-state index contributed by atoms with van der Waals surface area (Å²) in [6.07, 6.45) is 4.80. The van der Waals surface area contributed by atoms with Crippen molar-refractivity contribution in [3.63, 3.8) is 0 Å².